The predicted octanol–water partition coefficient (Wildman–Crippen LogP) is 2.99. The fourth-order valence-corrected chi connectivity index (χ4v) is 2.59. The molecule has 1 N–H and O–H groups in total. The van der Waals surface area contributed by atoms with Gasteiger partial charge >= 0.3 is 0 Å². The summed E-state index contributed by atoms with van der Waals surface area (Å²) in [6.07, 6.45) is 7.11. The molecular weight excluding hydrogens is 188 g/mol. The third-order valence-corrected chi connectivity index (χ3v) is 3.79. The van der Waals surface area contributed by atoms with E-state index in [0.717, 1.165) is 18.8 Å². The van der Waals surface area contributed by atoms with E-state index in [1.54, 1.807) is 7.11 Å². The minimum absolute atomic E-state index is 0.106. The molecule has 0 radical (unpaired) electrons. The maximum absolute atomic E-state index is 10.1. The van der Waals surface area contributed by atoms with Crippen LogP contribution in [-0.2, 0) is 4.74 Å². The van der Waals surface area contributed by atoms with Crippen LogP contribution in [0.3, 0.4) is 0 Å². The van der Waals surface area contributed by atoms with Crippen molar-refractivity contribution < 1.29 is 9.84 Å². The topological polar surface area (TPSA) is 29.5 Å². The first kappa shape index (κ1) is 13.0. The zero-order valence-corrected chi connectivity index (χ0v) is 10.4. The Kier molecular flexibility index (Phi) is 5.62. The molecule has 1 rings (SSSR count). The van der Waals surface area contributed by atoms with Gasteiger partial charge in [0, 0.05) is 7.11 Å². The molecule has 0 heterocycles. The maximum Gasteiger partial charge on any atom is 0.0569 e. The van der Waals surface area contributed by atoms with Gasteiger partial charge in [-0.25, -0.2) is 0 Å². The summed E-state index contributed by atoms with van der Waals surface area (Å²) in [6, 6.07) is 0. The highest BCUT2D eigenvalue weighted by Crippen LogP contribution is 2.32. The molecule has 0 aromatic carbocycles. The third kappa shape index (κ3) is 4.52. The van der Waals surface area contributed by atoms with Crippen LogP contribution in [0.2, 0.25) is 0 Å². The third-order valence-electron chi connectivity index (χ3n) is 3.79. The fraction of sp³-hybridized carbons (Fsp3) is 1.00. The molecule has 0 aromatic heterocycles. The summed E-state index contributed by atoms with van der Waals surface area (Å²) in [7, 11) is 1.74. The van der Waals surface area contributed by atoms with Crippen LogP contribution < -0.4 is 0 Å². The second-order valence-corrected chi connectivity index (χ2v) is 5.22. The molecule has 0 aliphatic heterocycles. The average Bonchev–Trinajstić information content (AvgIpc) is 2.25. The quantitative estimate of drug-likeness (QED) is 0.762. The Labute approximate surface area is 94.0 Å². The molecule has 0 spiro atoms. The molecule has 2 heteroatoms. The smallest absolute Gasteiger partial charge is 0.0569 e. The summed E-state index contributed by atoms with van der Waals surface area (Å²) in [6.45, 7) is 4.37. The van der Waals surface area contributed by atoms with Crippen molar-refractivity contribution in [2.75, 3.05) is 7.11 Å². The molecule has 15 heavy (non-hydrogen) atoms. The van der Waals surface area contributed by atoms with Gasteiger partial charge in [0.15, 0.2) is 0 Å². The molecule has 1 fully saturated rings. The Bertz CT molecular complexity index is 170. The molecule has 1 aliphatic carbocycles. The van der Waals surface area contributed by atoms with Gasteiger partial charge in [0.1, 0.15) is 0 Å². The predicted molar refractivity (Wildman–Crippen MR) is 62.8 cm³/mol. The van der Waals surface area contributed by atoms with Crippen LogP contribution >= 0.6 is 0 Å². The van der Waals surface area contributed by atoms with Crippen molar-refractivity contribution in [3.8, 4) is 0 Å². The first-order valence-corrected chi connectivity index (χ1v) is 6.34. The molecule has 4 unspecified atom stereocenters. The number of aliphatic hydroxyl groups excluding tert-OH is 1. The highest BCUT2D eigenvalue weighted by Gasteiger charge is 2.25. The van der Waals surface area contributed by atoms with E-state index in [0.29, 0.717) is 5.92 Å². The molecule has 0 bridgehead atoms. The van der Waals surface area contributed by atoms with E-state index in [4.69, 9.17) is 4.74 Å². The van der Waals surface area contributed by atoms with Crippen LogP contribution in [0.4, 0.5) is 0 Å². The Morgan fingerprint density at radius 1 is 1.33 bits per heavy atom. The van der Waals surface area contributed by atoms with Gasteiger partial charge in [0.05, 0.1) is 12.2 Å². The molecule has 90 valence electrons. The molecule has 0 amide bonds. The van der Waals surface area contributed by atoms with Crippen molar-refractivity contribution in [3.05, 3.63) is 0 Å². The maximum atomic E-state index is 10.1. The summed E-state index contributed by atoms with van der Waals surface area (Å²) in [5.41, 5.74) is 0. The van der Waals surface area contributed by atoms with Crippen LogP contribution in [0, 0.1) is 11.8 Å². The largest absolute Gasteiger partial charge is 0.393 e. The Morgan fingerprint density at radius 3 is 2.67 bits per heavy atom. The molecule has 1 aliphatic rings. The SMILES string of the molecule is COC(C)CCC(O)C1CCCC(C)C1. The highest BCUT2D eigenvalue weighted by atomic mass is 16.5. The van der Waals surface area contributed by atoms with Gasteiger partial charge in [-0.2, -0.15) is 0 Å². The Balaban J connectivity index is 2.23. The fourth-order valence-electron chi connectivity index (χ4n) is 2.59. The van der Waals surface area contributed by atoms with Gasteiger partial charge in [-0.1, -0.05) is 19.8 Å². The number of hydrogen-bond acceptors (Lipinski definition) is 2. The van der Waals surface area contributed by atoms with Crippen LogP contribution in [-0.4, -0.2) is 24.4 Å². The van der Waals surface area contributed by atoms with Crippen LogP contribution in [0.25, 0.3) is 0 Å². The van der Waals surface area contributed by atoms with Crippen molar-refractivity contribution >= 4 is 0 Å². The number of methoxy groups -OCH3 is 1. The van der Waals surface area contributed by atoms with Gasteiger partial charge in [0.2, 0.25) is 0 Å². The van der Waals surface area contributed by atoms with E-state index >= 15 is 0 Å². The number of rotatable bonds is 5. The first-order valence-electron chi connectivity index (χ1n) is 6.34. The van der Waals surface area contributed by atoms with Crippen molar-refractivity contribution in [2.45, 2.75) is 64.6 Å². The molecule has 0 aromatic rings. The highest BCUT2D eigenvalue weighted by molar-refractivity contribution is 4.76. The van der Waals surface area contributed by atoms with Gasteiger partial charge in [-0.3, -0.25) is 0 Å². The minimum Gasteiger partial charge on any atom is -0.393 e. The van der Waals surface area contributed by atoms with Gasteiger partial charge in [-0.05, 0) is 44.4 Å². The number of ether oxygens (including phenoxy) is 1. The van der Waals surface area contributed by atoms with Crippen molar-refractivity contribution in [3.63, 3.8) is 0 Å². The molecule has 0 saturated heterocycles. The van der Waals surface area contributed by atoms with Crippen molar-refractivity contribution in [2.24, 2.45) is 11.8 Å². The van der Waals surface area contributed by atoms with Crippen molar-refractivity contribution in [1.82, 2.24) is 0 Å². The van der Waals surface area contributed by atoms with E-state index in [1.807, 2.05) is 0 Å². The van der Waals surface area contributed by atoms with E-state index < -0.39 is 0 Å². The molecular formula is C13H26O2. The van der Waals surface area contributed by atoms with Crippen LogP contribution in [0.5, 0.6) is 0 Å². The number of hydrogen-bond donors (Lipinski definition) is 1. The first-order chi connectivity index (χ1) is 7.13. The summed E-state index contributed by atoms with van der Waals surface area (Å²) in [4.78, 5) is 0. The van der Waals surface area contributed by atoms with Crippen LogP contribution in [0.1, 0.15) is 52.4 Å². The lowest BCUT2D eigenvalue weighted by Gasteiger charge is -2.30. The molecule has 4 atom stereocenters. The lowest BCUT2D eigenvalue weighted by molar-refractivity contribution is 0.0414. The van der Waals surface area contributed by atoms with Crippen molar-refractivity contribution in [1.29, 1.82) is 0 Å². The summed E-state index contributed by atoms with van der Waals surface area (Å²) in [5.74, 6) is 1.34. The van der Waals surface area contributed by atoms with E-state index in [9.17, 15) is 5.11 Å². The molecule has 2 nitrogen and oxygen atoms in total. The van der Waals surface area contributed by atoms with E-state index in [-0.39, 0.29) is 12.2 Å². The minimum atomic E-state index is -0.106. The Morgan fingerprint density at radius 2 is 2.07 bits per heavy atom. The lowest BCUT2D eigenvalue weighted by atomic mass is 9.78. The van der Waals surface area contributed by atoms with Gasteiger partial charge < -0.3 is 9.84 Å². The lowest BCUT2D eigenvalue weighted by Crippen LogP contribution is -2.26. The normalized spacial score (nSPS) is 31.2. The molecule has 1 saturated carbocycles. The zero-order valence-electron chi connectivity index (χ0n) is 10.4. The zero-order chi connectivity index (χ0) is 11.3. The Hall–Kier alpha value is -0.0800. The van der Waals surface area contributed by atoms with Crippen LogP contribution in [0.15, 0.2) is 0 Å². The second kappa shape index (κ2) is 6.49. The average molecular weight is 214 g/mol. The van der Waals surface area contributed by atoms with Gasteiger partial charge in [-0.15, -0.1) is 0 Å². The number of aliphatic hydroxyl groups is 1. The van der Waals surface area contributed by atoms with Gasteiger partial charge in [0.25, 0.3) is 0 Å². The van der Waals surface area contributed by atoms with E-state index in [1.165, 1.54) is 25.7 Å². The summed E-state index contributed by atoms with van der Waals surface area (Å²) < 4.78 is 5.20. The standard InChI is InChI=1S/C13H26O2/c1-10-5-4-6-12(9-10)13(14)8-7-11(2)15-3/h10-14H,4-9H2,1-3H3. The summed E-state index contributed by atoms with van der Waals surface area (Å²) >= 11 is 0. The van der Waals surface area contributed by atoms with E-state index in [2.05, 4.69) is 13.8 Å². The second-order valence-electron chi connectivity index (χ2n) is 5.22. The monoisotopic (exact) mass is 214 g/mol. The summed E-state index contributed by atoms with van der Waals surface area (Å²) in [5, 5.41) is 10.1.